The van der Waals surface area contributed by atoms with Crippen LogP contribution >= 0.6 is 43.6 Å². The second-order valence-electron chi connectivity index (χ2n) is 4.32. The number of hydrogen-bond acceptors (Lipinski definition) is 4. The number of halogens is 2. The maximum absolute atomic E-state index is 11.9. The van der Waals surface area contributed by atoms with Crippen LogP contribution < -0.4 is 10.1 Å². The van der Waals surface area contributed by atoms with Crippen LogP contribution in [0.4, 0.5) is 0 Å². The van der Waals surface area contributed by atoms with Crippen LogP contribution in [-0.2, 0) is 9.59 Å². The second kappa shape index (κ2) is 7.81. The number of benzene rings is 1. The van der Waals surface area contributed by atoms with Crippen LogP contribution in [0.1, 0.15) is 12.5 Å². The van der Waals surface area contributed by atoms with E-state index < -0.39 is 5.91 Å². The summed E-state index contributed by atoms with van der Waals surface area (Å²) in [5.74, 6) is 2.32. The van der Waals surface area contributed by atoms with E-state index in [4.69, 9.17) is 11.2 Å². The lowest BCUT2D eigenvalue weighted by atomic mass is 10.2. The monoisotopic (exact) mass is 456 g/mol. The van der Waals surface area contributed by atoms with Gasteiger partial charge in [-0.1, -0.05) is 5.92 Å². The second-order valence-corrected chi connectivity index (χ2v) is 7.06. The molecule has 1 heterocycles. The van der Waals surface area contributed by atoms with Gasteiger partial charge in [-0.05, 0) is 67.4 Å². The first kappa shape index (κ1) is 17.8. The minimum atomic E-state index is -0.390. The van der Waals surface area contributed by atoms with Crippen molar-refractivity contribution < 1.29 is 14.3 Å². The molecule has 0 saturated heterocycles. The Balaban J connectivity index is 2.23. The van der Waals surface area contributed by atoms with E-state index >= 15 is 0 Å². The Bertz CT molecular complexity index is 758. The summed E-state index contributed by atoms with van der Waals surface area (Å²) in [4.78, 5) is 27.1. The van der Waals surface area contributed by atoms with Crippen LogP contribution in [-0.4, -0.2) is 23.6 Å². The first-order valence-electron chi connectivity index (χ1n) is 6.26. The van der Waals surface area contributed by atoms with Crippen molar-refractivity contribution >= 4 is 66.7 Å². The maximum Gasteiger partial charge on any atom is 0.286 e. The summed E-state index contributed by atoms with van der Waals surface area (Å²) in [5.41, 5.74) is 0.770. The zero-order valence-corrected chi connectivity index (χ0v) is 15.8. The maximum atomic E-state index is 11.9. The molecule has 1 aromatic rings. The fourth-order valence-corrected chi connectivity index (χ4v) is 3.99. The normalized spacial score (nSPS) is 15.3. The summed E-state index contributed by atoms with van der Waals surface area (Å²) in [6, 6.07) is 3.60. The molecule has 0 spiro atoms. The highest BCUT2D eigenvalue weighted by atomic mass is 79.9. The van der Waals surface area contributed by atoms with E-state index in [1.54, 1.807) is 18.2 Å². The van der Waals surface area contributed by atoms with Crippen molar-refractivity contribution in [2.45, 2.75) is 6.92 Å². The average Bonchev–Trinajstić information content (AvgIpc) is 2.77. The molecule has 0 bridgehead atoms. The van der Waals surface area contributed by atoms with Crippen LogP contribution in [0.15, 0.2) is 31.0 Å². The van der Waals surface area contributed by atoms with Crippen molar-refractivity contribution in [2.75, 3.05) is 6.61 Å². The molecule has 1 aliphatic heterocycles. The highest BCUT2D eigenvalue weighted by Crippen LogP contribution is 2.36. The number of rotatable bonds is 3. The summed E-state index contributed by atoms with van der Waals surface area (Å²) in [6.45, 7) is 1.51. The van der Waals surface area contributed by atoms with Crippen LogP contribution in [0.25, 0.3) is 6.08 Å². The zero-order valence-electron chi connectivity index (χ0n) is 11.9. The third-order valence-electron chi connectivity index (χ3n) is 2.52. The van der Waals surface area contributed by atoms with Gasteiger partial charge in [0.15, 0.2) is 5.17 Å². The number of nitrogens with zero attached hydrogens (tertiary/aromatic N) is 1. The number of ether oxygens (including phenoxy) is 1. The zero-order chi connectivity index (χ0) is 17.0. The van der Waals surface area contributed by atoms with Crippen molar-refractivity contribution in [1.82, 2.24) is 5.32 Å². The lowest BCUT2D eigenvalue weighted by molar-refractivity contribution is -0.117. The third kappa shape index (κ3) is 4.70. The van der Waals surface area contributed by atoms with Gasteiger partial charge < -0.3 is 10.1 Å². The van der Waals surface area contributed by atoms with E-state index in [-0.39, 0.29) is 17.7 Å². The SMILES string of the molecule is C#CCOc1c(Br)cc(/C=C2/SC(NC(C)=O)=NC2=O)cc1Br. The number of terminal acetylenes is 1. The molecule has 1 N–H and O–H groups in total. The molecule has 2 amide bonds. The Morgan fingerprint density at radius 3 is 2.70 bits per heavy atom. The largest absolute Gasteiger partial charge is 0.479 e. The molecule has 0 unspecified atom stereocenters. The number of thioether (sulfide) groups is 1. The number of carbonyl (C=O) groups excluding carboxylic acids is 2. The van der Waals surface area contributed by atoms with E-state index in [2.05, 4.69) is 48.1 Å². The van der Waals surface area contributed by atoms with Crippen LogP contribution in [0.5, 0.6) is 5.75 Å². The van der Waals surface area contributed by atoms with Crippen LogP contribution in [0, 0.1) is 12.3 Å². The molecule has 2 rings (SSSR count). The van der Waals surface area contributed by atoms with Crippen molar-refractivity contribution in [2.24, 2.45) is 4.99 Å². The summed E-state index contributed by atoms with van der Waals surface area (Å²) >= 11 is 7.93. The molecule has 5 nitrogen and oxygen atoms in total. The van der Waals surface area contributed by atoms with Gasteiger partial charge in [-0.15, -0.1) is 6.42 Å². The van der Waals surface area contributed by atoms with E-state index in [1.807, 2.05) is 0 Å². The van der Waals surface area contributed by atoms with Crippen molar-refractivity contribution in [1.29, 1.82) is 0 Å². The van der Waals surface area contributed by atoms with Crippen molar-refractivity contribution in [3.63, 3.8) is 0 Å². The smallest absolute Gasteiger partial charge is 0.286 e. The Labute approximate surface area is 154 Å². The van der Waals surface area contributed by atoms with E-state index in [9.17, 15) is 9.59 Å². The van der Waals surface area contributed by atoms with Gasteiger partial charge in [0.2, 0.25) is 5.91 Å². The lowest BCUT2D eigenvalue weighted by Crippen LogP contribution is -2.23. The van der Waals surface area contributed by atoms with Crippen molar-refractivity contribution in [3.8, 4) is 18.1 Å². The Morgan fingerprint density at radius 2 is 2.13 bits per heavy atom. The summed E-state index contributed by atoms with van der Waals surface area (Å²) in [6.07, 6.45) is 6.87. The predicted octanol–water partition coefficient (Wildman–Crippen LogP) is 3.33. The van der Waals surface area contributed by atoms with Gasteiger partial charge in [0.1, 0.15) is 12.4 Å². The summed E-state index contributed by atoms with van der Waals surface area (Å²) in [7, 11) is 0. The fourth-order valence-electron chi connectivity index (χ4n) is 1.68. The lowest BCUT2D eigenvalue weighted by Gasteiger charge is -2.09. The summed E-state index contributed by atoms with van der Waals surface area (Å²) in [5, 5.41) is 2.78. The third-order valence-corrected chi connectivity index (χ3v) is 4.60. The minimum absolute atomic E-state index is 0.153. The number of carbonyl (C=O) groups is 2. The molecule has 1 aromatic carbocycles. The number of hydrogen-bond donors (Lipinski definition) is 1. The molecular weight excluding hydrogens is 448 g/mol. The van der Waals surface area contributed by atoms with Crippen molar-refractivity contribution in [3.05, 3.63) is 31.5 Å². The molecule has 23 heavy (non-hydrogen) atoms. The number of nitrogens with one attached hydrogen (secondary N) is 1. The van der Waals surface area contributed by atoms with Crippen LogP contribution in [0.2, 0.25) is 0 Å². The molecule has 0 fully saturated rings. The molecule has 8 heteroatoms. The molecule has 1 aliphatic rings. The molecule has 0 radical (unpaired) electrons. The summed E-state index contributed by atoms with van der Waals surface area (Å²) < 4.78 is 6.83. The van der Waals surface area contributed by atoms with Gasteiger partial charge in [-0.2, -0.15) is 4.99 Å². The number of aliphatic imine (C=N–C) groups is 1. The predicted molar refractivity (Wildman–Crippen MR) is 98.0 cm³/mol. The van der Waals surface area contributed by atoms with E-state index in [0.29, 0.717) is 19.6 Å². The average molecular weight is 458 g/mol. The Hall–Kier alpha value is -1.56. The molecular formula is C15H10Br2N2O3S. The highest BCUT2D eigenvalue weighted by Gasteiger charge is 2.22. The van der Waals surface area contributed by atoms with Gasteiger partial charge in [-0.25, -0.2) is 0 Å². The van der Waals surface area contributed by atoms with E-state index in [0.717, 1.165) is 17.3 Å². The van der Waals surface area contributed by atoms with Gasteiger partial charge in [-0.3, -0.25) is 9.59 Å². The minimum Gasteiger partial charge on any atom is -0.479 e. The van der Waals surface area contributed by atoms with Gasteiger partial charge in [0.25, 0.3) is 5.91 Å². The number of amides is 2. The molecule has 0 aromatic heterocycles. The molecule has 0 aliphatic carbocycles. The first-order chi connectivity index (χ1) is 10.9. The first-order valence-corrected chi connectivity index (χ1v) is 8.66. The standard InChI is InChI=1S/C15H10Br2N2O3S/c1-3-4-22-13-10(16)5-9(6-11(13)17)7-12-14(21)19-15(23-12)18-8(2)20/h1,5-7H,4H2,2H3,(H,18,19,20,21)/b12-7+. The van der Waals surface area contributed by atoms with Gasteiger partial charge in [0.05, 0.1) is 13.9 Å². The quantitative estimate of drug-likeness (QED) is 0.558. The Morgan fingerprint density at radius 1 is 1.48 bits per heavy atom. The molecule has 118 valence electrons. The Kier molecular flexibility index (Phi) is 6.04. The highest BCUT2D eigenvalue weighted by molar-refractivity contribution is 9.11. The molecule has 0 saturated carbocycles. The topological polar surface area (TPSA) is 67.8 Å². The van der Waals surface area contributed by atoms with Gasteiger partial charge in [0, 0.05) is 6.92 Å². The van der Waals surface area contributed by atoms with Gasteiger partial charge >= 0.3 is 0 Å². The fraction of sp³-hybridized carbons (Fsp3) is 0.133. The van der Waals surface area contributed by atoms with Crippen LogP contribution in [0.3, 0.4) is 0 Å². The molecule has 0 atom stereocenters. The van der Waals surface area contributed by atoms with E-state index in [1.165, 1.54) is 6.92 Å². The number of amidine groups is 1.